The van der Waals surface area contributed by atoms with Gasteiger partial charge in [0.25, 0.3) is 0 Å². The number of hydrogen-bond donors (Lipinski definition) is 2. The van der Waals surface area contributed by atoms with Crippen LogP contribution in [0.25, 0.3) is 0 Å². The van der Waals surface area contributed by atoms with Crippen LogP contribution in [-0.4, -0.2) is 23.2 Å². The van der Waals surface area contributed by atoms with Gasteiger partial charge in [-0.1, -0.05) is 6.92 Å². The molecule has 0 spiro atoms. The minimum atomic E-state index is -4.49. The van der Waals surface area contributed by atoms with Crippen LogP contribution >= 0.6 is 0 Å². The van der Waals surface area contributed by atoms with Gasteiger partial charge >= 0.3 is 6.18 Å². The van der Waals surface area contributed by atoms with Crippen LogP contribution in [0.5, 0.6) is 0 Å². The maximum atomic E-state index is 12.7. The van der Waals surface area contributed by atoms with Gasteiger partial charge in [0.05, 0.1) is 17.9 Å². The van der Waals surface area contributed by atoms with E-state index in [0.717, 1.165) is 6.07 Å². The Morgan fingerprint density at radius 1 is 1.44 bits per heavy atom. The minimum Gasteiger partial charge on any atom is -0.395 e. The number of alkyl halides is 3. The van der Waals surface area contributed by atoms with Crippen molar-refractivity contribution in [1.82, 2.24) is 4.98 Å². The molecule has 3 N–H and O–H groups in total. The molecule has 0 amide bonds. The topological polar surface area (TPSA) is 59.1 Å². The summed E-state index contributed by atoms with van der Waals surface area (Å²) in [6.45, 7) is 0.859. The van der Waals surface area contributed by atoms with Crippen molar-refractivity contribution in [2.24, 2.45) is 5.73 Å². The fourth-order valence-electron chi connectivity index (χ4n) is 1.35. The van der Waals surface area contributed by atoms with Gasteiger partial charge in [0.2, 0.25) is 0 Å². The normalized spacial score (nSPS) is 15.9. The molecule has 1 atom stereocenters. The fourth-order valence-corrected chi connectivity index (χ4v) is 1.35. The lowest BCUT2D eigenvalue weighted by Gasteiger charge is -2.27. The maximum absolute atomic E-state index is 12.7. The van der Waals surface area contributed by atoms with Crippen molar-refractivity contribution >= 4 is 0 Å². The Hall–Kier alpha value is -1.14. The van der Waals surface area contributed by atoms with Gasteiger partial charge in [0, 0.05) is 18.2 Å². The molecular formula is C10H13F3N2O. The highest BCUT2D eigenvalue weighted by molar-refractivity contribution is 5.30. The van der Waals surface area contributed by atoms with E-state index in [9.17, 15) is 13.2 Å². The molecule has 6 heteroatoms. The highest BCUT2D eigenvalue weighted by atomic mass is 19.4. The third-order valence-electron chi connectivity index (χ3n) is 2.48. The number of hydrogen-bond acceptors (Lipinski definition) is 3. The van der Waals surface area contributed by atoms with Crippen LogP contribution in [0.2, 0.25) is 0 Å². The summed E-state index contributed by atoms with van der Waals surface area (Å²) in [6.07, 6.45) is -3.23. The van der Waals surface area contributed by atoms with E-state index in [1.54, 1.807) is 0 Å². The molecule has 1 aromatic rings. The number of aliphatic hydroxyl groups excluding tert-OH is 1. The number of rotatable bonds is 3. The second-order valence-corrected chi connectivity index (χ2v) is 3.82. The highest BCUT2D eigenvalue weighted by Crippen LogP contribution is 2.35. The van der Waals surface area contributed by atoms with Crippen LogP contribution in [0.4, 0.5) is 13.2 Å². The number of aromatic nitrogens is 1. The molecule has 0 bridgehead atoms. The molecule has 90 valence electrons. The third kappa shape index (κ3) is 2.33. The number of nitrogens with zero attached hydrogens (tertiary/aromatic N) is 1. The molecule has 0 aromatic carbocycles. The van der Waals surface area contributed by atoms with E-state index in [1.165, 1.54) is 19.2 Å². The Morgan fingerprint density at radius 2 is 2.06 bits per heavy atom. The summed E-state index contributed by atoms with van der Waals surface area (Å²) in [5.74, 6) is 0. The second-order valence-electron chi connectivity index (χ2n) is 3.82. The minimum absolute atomic E-state index is 0.108. The zero-order valence-electron chi connectivity index (χ0n) is 8.75. The van der Waals surface area contributed by atoms with Gasteiger partial charge in [-0.25, -0.2) is 0 Å². The maximum Gasteiger partial charge on any atom is 0.418 e. The molecule has 0 fully saturated rings. The number of nitrogens with two attached hydrogens (primary N) is 1. The Morgan fingerprint density at radius 3 is 2.50 bits per heavy atom. The van der Waals surface area contributed by atoms with E-state index in [2.05, 4.69) is 4.98 Å². The monoisotopic (exact) mass is 234 g/mol. The predicted molar refractivity (Wildman–Crippen MR) is 52.7 cm³/mol. The van der Waals surface area contributed by atoms with E-state index in [4.69, 9.17) is 10.8 Å². The SMILES string of the molecule is CC(CN)(CO)c1ncccc1C(F)(F)F. The van der Waals surface area contributed by atoms with Gasteiger partial charge < -0.3 is 10.8 Å². The van der Waals surface area contributed by atoms with Crippen LogP contribution in [0, 0.1) is 0 Å². The van der Waals surface area contributed by atoms with Gasteiger partial charge in [-0.15, -0.1) is 0 Å². The van der Waals surface area contributed by atoms with Crippen molar-refractivity contribution in [1.29, 1.82) is 0 Å². The van der Waals surface area contributed by atoms with Crippen LogP contribution in [-0.2, 0) is 11.6 Å². The second kappa shape index (κ2) is 4.39. The molecule has 0 saturated carbocycles. The Kier molecular flexibility index (Phi) is 3.54. The highest BCUT2D eigenvalue weighted by Gasteiger charge is 2.39. The Bertz CT molecular complexity index is 361. The first-order valence-corrected chi connectivity index (χ1v) is 4.69. The Balaban J connectivity index is 3.34. The summed E-state index contributed by atoms with van der Waals surface area (Å²) in [5.41, 5.74) is 3.15. The summed E-state index contributed by atoms with van der Waals surface area (Å²) in [4.78, 5) is 3.70. The largest absolute Gasteiger partial charge is 0.418 e. The number of halogens is 3. The van der Waals surface area contributed by atoms with Gasteiger partial charge in [0.1, 0.15) is 0 Å². The zero-order valence-corrected chi connectivity index (χ0v) is 8.75. The van der Waals surface area contributed by atoms with E-state index in [-0.39, 0.29) is 12.2 Å². The zero-order chi connectivity index (χ0) is 12.4. The molecule has 3 nitrogen and oxygen atoms in total. The van der Waals surface area contributed by atoms with Gasteiger partial charge in [-0.3, -0.25) is 4.98 Å². The third-order valence-corrected chi connectivity index (χ3v) is 2.48. The molecule has 0 radical (unpaired) electrons. The summed E-state index contributed by atoms with van der Waals surface area (Å²) in [7, 11) is 0. The standard InChI is InChI=1S/C10H13F3N2O/c1-9(5-14,6-16)8-7(10(11,12)13)3-2-4-15-8/h2-4,16H,5-6,14H2,1H3. The molecule has 0 aliphatic heterocycles. The molecule has 16 heavy (non-hydrogen) atoms. The van der Waals surface area contributed by atoms with Crippen LogP contribution in [0.1, 0.15) is 18.2 Å². The van der Waals surface area contributed by atoms with Gasteiger partial charge in [-0.2, -0.15) is 13.2 Å². The van der Waals surface area contributed by atoms with Gasteiger partial charge in [0.15, 0.2) is 0 Å². The van der Waals surface area contributed by atoms with E-state index in [0.29, 0.717) is 0 Å². The van der Waals surface area contributed by atoms with Crippen molar-refractivity contribution in [2.45, 2.75) is 18.5 Å². The molecule has 1 rings (SSSR count). The summed E-state index contributed by atoms with van der Waals surface area (Å²) < 4.78 is 38.1. The fraction of sp³-hybridized carbons (Fsp3) is 0.500. The average molecular weight is 234 g/mol. The van der Waals surface area contributed by atoms with Gasteiger partial charge in [-0.05, 0) is 12.1 Å². The molecule has 1 aromatic heterocycles. The van der Waals surface area contributed by atoms with E-state index in [1.807, 2.05) is 0 Å². The first-order valence-electron chi connectivity index (χ1n) is 4.69. The van der Waals surface area contributed by atoms with Crippen LogP contribution in [0.3, 0.4) is 0 Å². The first kappa shape index (κ1) is 12.9. The molecular weight excluding hydrogens is 221 g/mol. The van der Waals surface area contributed by atoms with Crippen molar-refractivity contribution < 1.29 is 18.3 Å². The van der Waals surface area contributed by atoms with Crippen molar-refractivity contribution in [2.75, 3.05) is 13.2 Å². The summed E-state index contributed by atoms with van der Waals surface area (Å²) in [6, 6.07) is 2.15. The summed E-state index contributed by atoms with van der Waals surface area (Å²) >= 11 is 0. The lowest BCUT2D eigenvalue weighted by molar-refractivity contribution is -0.139. The average Bonchev–Trinajstić information content (AvgIpc) is 2.27. The summed E-state index contributed by atoms with van der Waals surface area (Å²) in [5, 5.41) is 9.14. The molecule has 0 aliphatic carbocycles. The molecule has 0 aliphatic rings. The van der Waals surface area contributed by atoms with E-state index < -0.39 is 23.8 Å². The Labute approximate surface area is 91.1 Å². The lowest BCUT2D eigenvalue weighted by Crippen LogP contribution is -2.38. The van der Waals surface area contributed by atoms with Crippen LogP contribution in [0.15, 0.2) is 18.3 Å². The van der Waals surface area contributed by atoms with Crippen LogP contribution < -0.4 is 5.73 Å². The molecule has 1 heterocycles. The lowest BCUT2D eigenvalue weighted by atomic mass is 9.84. The number of aliphatic hydroxyl groups is 1. The van der Waals surface area contributed by atoms with E-state index >= 15 is 0 Å². The quantitative estimate of drug-likeness (QED) is 0.829. The first-order chi connectivity index (χ1) is 7.35. The molecule has 0 saturated heterocycles. The number of pyridine rings is 1. The van der Waals surface area contributed by atoms with Crippen molar-refractivity contribution in [3.63, 3.8) is 0 Å². The predicted octanol–water partition coefficient (Wildman–Crippen LogP) is 1.31. The smallest absolute Gasteiger partial charge is 0.395 e. The van der Waals surface area contributed by atoms with Crippen molar-refractivity contribution in [3.8, 4) is 0 Å². The van der Waals surface area contributed by atoms with Crippen molar-refractivity contribution in [3.05, 3.63) is 29.6 Å². The molecule has 1 unspecified atom stereocenters.